The second kappa shape index (κ2) is 6.97. The molecule has 0 bridgehead atoms. The van der Waals surface area contributed by atoms with E-state index in [4.69, 9.17) is 0 Å². The third-order valence-electron chi connectivity index (χ3n) is 3.54. The number of rotatable bonds is 5. The van der Waals surface area contributed by atoms with Gasteiger partial charge in [0.05, 0.1) is 6.04 Å². The minimum atomic E-state index is 0.00171. The van der Waals surface area contributed by atoms with Crippen LogP contribution in [0.15, 0.2) is 0 Å². The molecule has 2 atom stereocenters. The monoisotopic (exact) mass is 241 g/mol. The van der Waals surface area contributed by atoms with E-state index in [0.29, 0.717) is 12.0 Å². The van der Waals surface area contributed by atoms with E-state index in [1.165, 1.54) is 12.8 Å². The maximum Gasteiger partial charge on any atom is 0.236 e. The van der Waals surface area contributed by atoms with E-state index in [0.717, 1.165) is 19.6 Å². The summed E-state index contributed by atoms with van der Waals surface area (Å²) in [5, 5.41) is 6.22. The molecule has 2 N–H and O–H groups in total. The molecule has 0 aliphatic carbocycles. The van der Waals surface area contributed by atoms with Crippen molar-refractivity contribution in [2.75, 3.05) is 26.7 Å². The third kappa shape index (κ3) is 4.64. The van der Waals surface area contributed by atoms with Crippen molar-refractivity contribution in [2.24, 2.45) is 5.92 Å². The van der Waals surface area contributed by atoms with Gasteiger partial charge in [0.2, 0.25) is 5.91 Å². The Morgan fingerprint density at radius 2 is 2.12 bits per heavy atom. The van der Waals surface area contributed by atoms with Gasteiger partial charge in [0.1, 0.15) is 0 Å². The summed E-state index contributed by atoms with van der Waals surface area (Å²) in [5.41, 5.74) is 0. The number of carbonyl (C=O) groups is 1. The van der Waals surface area contributed by atoms with Crippen LogP contribution in [0.25, 0.3) is 0 Å². The lowest BCUT2D eigenvalue weighted by Crippen LogP contribution is -2.50. The summed E-state index contributed by atoms with van der Waals surface area (Å²) in [7, 11) is 1.71. The lowest BCUT2D eigenvalue weighted by atomic mass is 9.96. The van der Waals surface area contributed by atoms with Crippen LogP contribution in [-0.2, 0) is 4.79 Å². The molecule has 2 unspecified atom stereocenters. The maximum atomic E-state index is 11.6. The van der Waals surface area contributed by atoms with Crippen molar-refractivity contribution in [1.82, 2.24) is 15.5 Å². The van der Waals surface area contributed by atoms with Crippen LogP contribution in [0, 0.1) is 5.92 Å². The Morgan fingerprint density at radius 1 is 1.41 bits per heavy atom. The summed E-state index contributed by atoms with van der Waals surface area (Å²) >= 11 is 0. The summed E-state index contributed by atoms with van der Waals surface area (Å²) in [6.45, 7) is 9.49. The smallest absolute Gasteiger partial charge is 0.236 e. The first-order valence-corrected chi connectivity index (χ1v) is 6.73. The van der Waals surface area contributed by atoms with Gasteiger partial charge in [-0.2, -0.15) is 0 Å². The molecule has 0 saturated carbocycles. The second-order valence-corrected chi connectivity index (χ2v) is 5.36. The fourth-order valence-electron chi connectivity index (χ4n) is 2.39. The number of carbonyl (C=O) groups excluding carboxylic acids is 1. The second-order valence-electron chi connectivity index (χ2n) is 5.36. The number of amides is 1. The first-order valence-electron chi connectivity index (χ1n) is 6.73. The van der Waals surface area contributed by atoms with Crippen molar-refractivity contribution in [3.63, 3.8) is 0 Å². The highest BCUT2D eigenvalue weighted by Gasteiger charge is 2.26. The highest BCUT2D eigenvalue weighted by atomic mass is 16.2. The van der Waals surface area contributed by atoms with Crippen LogP contribution in [-0.4, -0.2) is 49.6 Å². The number of nitrogens with zero attached hydrogens (tertiary/aromatic N) is 1. The fraction of sp³-hybridized carbons (Fsp3) is 0.923. The summed E-state index contributed by atoms with van der Waals surface area (Å²) in [6.07, 6.45) is 2.47. The van der Waals surface area contributed by atoms with E-state index < -0.39 is 0 Å². The van der Waals surface area contributed by atoms with Crippen molar-refractivity contribution in [3.8, 4) is 0 Å². The van der Waals surface area contributed by atoms with Crippen molar-refractivity contribution in [1.29, 1.82) is 0 Å². The van der Waals surface area contributed by atoms with Gasteiger partial charge in [-0.25, -0.2) is 0 Å². The molecule has 1 rings (SSSR count). The normalized spacial score (nSPS) is 23.7. The molecule has 1 fully saturated rings. The molecule has 4 nitrogen and oxygen atoms in total. The van der Waals surface area contributed by atoms with Gasteiger partial charge in [-0.1, -0.05) is 13.8 Å². The van der Waals surface area contributed by atoms with Crippen LogP contribution in [0.5, 0.6) is 0 Å². The van der Waals surface area contributed by atoms with E-state index in [9.17, 15) is 4.79 Å². The zero-order valence-electron chi connectivity index (χ0n) is 11.6. The van der Waals surface area contributed by atoms with Crippen LogP contribution in [0.2, 0.25) is 0 Å². The van der Waals surface area contributed by atoms with E-state index in [1.54, 1.807) is 7.05 Å². The first-order chi connectivity index (χ1) is 8.04. The lowest BCUT2D eigenvalue weighted by Gasteiger charge is -2.36. The number of likely N-dealkylation sites (N-methyl/N-ethyl adjacent to an activating group) is 1. The fourth-order valence-corrected chi connectivity index (χ4v) is 2.39. The molecule has 1 saturated heterocycles. The highest BCUT2D eigenvalue weighted by molar-refractivity contribution is 5.80. The minimum Gasteiger partial charge on any atom is -0.358 e. The van der Waals surface area contributed by atoms with Gasteiger partial charge >= 0.3 is 0 Å². The van der Waals surface area contributed by atoms with Crippen LogP contribution >= 0.6 is 0 Å². The molecule has 1 heterocycles. The number of nitrogens with one attached hydrogen (secondary N) is 2. The van der Waals surface area contributed by atoms with Gasteiger partial charge in [-0.3, -0.25) is 9.69 Å². The average molecular weight is 241 g/mol. The molecule has 0 radical (unpaired) electrons. The predicted octanol–water partition coefficient (Wildman–Crippen LogP) is 0.831. The number of hydrogen-bond donors (Lipinski definition) is 2. The molecule has 100 valence electrons. The molecule has 1 aliphatic rings. The van der Waals surface area contributed by atoms with Crippen LogP contribution in [0.4, 0.5) is 0 Å². The van der Waals surface area contributed by atoms with Crippen LogP contribution in [0.3, 0.4) is 0 Å². The predicted molar refractivity (Wildman–Crippen MR) is 71.0 cm³/mol. The zero-order valence-corrected chi connectivity index (χ0v) is 11.6. The van der Waals surface area contributed by atoms with Crippen molar-refractivity contribution in [3.05, 3.63) is 0 Å². The number of piperidine rings is 1. The molecule has 0 aromatic carbocycles. The highest BCUT2D eigenvalue weighted by Crippen LogP contribution is 2.18. The molecule has 0 aromatic heterocycles. The van der Waals surface area contributed by atoms with Gasteiger partial charge in [0.25, 0.3) is 0 Å². The molecule has 0 aromatic rings. The quantitative estimate of drug-likeness (QED) is 0.749. The van der Waals surface area contributed by atoms with Gasteiger partial charge in [-0.05, 0) is 38.8 Å². The lowest BCUT2D eigenvalue weighted by molar-refractivity contribution is -0.126. The number of hydrogen-bond acceptors (Lipinski definition) is 3. The third-order valence-corrected chi connectivity index (χ3v) is 3.54. The van der Waals surface area contributed by atoms with E-state index in [1.807, 2.05) is 6.92 Å². The molecule has 1 amide bonds. The van der Waals surface area contributed by atoms with Crippen molar-refractivity contribution in [2.45, 2.75) is 45.7 Å². The van der Waals surface area contributed by atoms with Gasteiger partial charge in [0.15, 0.2) is 0 Å². The Hall–Kier alpha value is -0.610. The first kappa shape index (κ1) is 14.5. The van der Waals surface area contributed by atoms with E-state index in [2.05, 4.69) is 29.4 Å². The van der Waals surface area contributed by atoms with E-state index >= 15 is 0 Å². The summed E-state index contributed by atoms with van der Waals surface area (Å²) in [6, 6.07) is 0.545. The molecule has 17 heavy (non-hydrogen) atoms. The Bertz CT molecular complexity index is 243. The van der Waals surface area contributed by atoms with Crippen molar-refractivity contribution < 1.29 is 4.79 Å². The Balaban J connectivity index is 2.40. The number of likely N-dealkylation sites (tertiary alicyclic amines) is 1. The average Bonchev–Trinajstić information content (AvgIpc) is 2.34. The van der Waals surface area contributed by atoms with Crippen molar-refractivity contribution >= 4 is 5.91 Å². The Labute approximate surface area is 105 Å². The Morgan fingerprint density at radius 3 is 2.71 bits per heavy atom. The molecule has 0 spiro atoms. The van der Waals surface area contributed by atoms with Gasteiger partial charge < -0.3 is 10.6 Å². The molecular weight excluding hydrogens is 214 g/mol. The molecular formula is C13H27N3O. The SMILES string of the molecule is CNC(=O)C(C)N1CCCC(CNC(C)C)C1. The maximum absolute atomic E-state index is 11.6. The van der Waals surface area contributed by atoms with Gasteiger partial charge in [-0.15, -0.1) is 0 Å². The van der Waals surface area contributed by atoms with Crippen LogP contribution < -0.4 is 10.6 Å². The standard InChI is InChI=1S/C13H27N3O/c1-10(2)15-8-12-6-5-7-16(9-12)11(3)13(17)14-4/h10-12,15H,5-9H2,1-4H3,(H,14,17). The molecule has 1 aliphatic heterocycles. The largest absolute Gasteiger partial charge is 0.358 e. The van der Waals surface area contributed by atoms with Crippen LogP contribution in [0.1, 0.15) is 33.6 Å². The zero-order chi connectivity index (χ0) is 12.8. The summed E-state index contributed by atoms with van der Waals surface area (Å²) < 4.78 is 0. The minimum absolute atomic E-state index is 0.00171. The van der Waals surface area contributed by atoms with E-state index in [-0.39, 0.29) is 11.9 Å². The summed E-state index contributed by atoms with van der Waals surface area (Å²) in [5.74, 6) is 0.806. The van der Waals surface area contributed by atoms with Gasteiger partial charge in [0, 0.05) is 19.6 Å². The molecule has 4 heteroatoms. The Kier molecular flexibility index (Phi) is 5.92. The summed E-state index contributed by atoms with van der Waals surface area (Å²) in [4.78, 5) is 13.9. The topological polar surface area (TPSA) is 44.4 Å².